The molecule has 8 nitrogen and oxygen atoms in total. The SMILES string of the molecule is Cc1nn2cc(C(C)Nc3ncnc4nc[nH]c34)c(-c3ccccc3)nc2c1Cl. The lowest BCUT2D eigenvalue weighted by Gasteiger charge is -2.18. The van der Waals surface area contributed by atoms with Crippen LogP contribution in [0.15, 0.2) is 49.2 Å². The molecule has 0 radical (unpaired) electrons. The normalized spacial score (nSPS) is 12.5. The molecule has 1 unspecified atom stereocenters. The van der Waals surface area contributed by atoms with Crippen molar-refractivity contribution in [2.45, 2.75) is 19.9 Å². The highest BCUT2D eigenvalue weighted by Crippen LogP contribution is 2.31. The van der Waals surface area contributed by atoms with E-state index in [0.717, 1.165) is 28.0 Å². The second-order valence-corrected chi connectivity index (χ2v) is 7.15. The van der Waals surface area contributed by atoms with Gasteiger partial charge < -0.3 is 10.3 Å². The van der Waals surface area contributed by atoms with Gasteiger partial charge in [-0.3, -0.25) is 0 Å². The fourth-order valence-corrected chi connectivity index (χ4v) is 3.54. The fourth-order valence-electron chi connectivity index (χ4n) is 3.37. The smallest absolute Gasteiger partial charge is 0.182 e. The van der Waals surface area contributed by atoms with Crippen LogP contribution in [0.4, 0.5) is 5.82 Å². The number of aromatic nitrogens is 7. The lowest BCUT2D eigenvalue weighted by molar-refractivity contribution is 0.827. The van der Waals surface area contributed by atoms with Crippen molar-refractivity contribution in [3.63, 3.8) is 0 Å². The van der Waals surface area contributed by atoms with Gasteiger partial charge in [0.05, 0.1) is 23.8 Å². The predicted molar refractivity (Wildman–Crippen MR) is 112 cm³/mol. The Hall–Kier alpha value is -3.52. The Morgan fingerprint density at radius 1 is 1.14 bits per heavy atom. The van der Waals surface area contributed by atoms with Gasteiger partial charge in [0.2, 0.25) is 0 Å². The lowest BCUT2D eigenvalue weighted by Crippen LogP contribution is -2.12. The van der Waals surface area contributed by atoms with Crippen LogP contribution in [-0.4, -0.2) is 34.5 Å². The summed E-state index contributed by atoms with van der Waals surface area (Å²) < 4.78 is 1.73. The van der Waals surface area contributed by atoms with Crippen LogP contribution >= 0.6 is 11.6 Å². The van der Waals surface area contributed by atoms with Crippen molar-refractivity contribution in [1.82, 2.24) is 34.5 Å². The van der Waals surface area contributed by atoms with Crippen LogP contribution in [0.2, 0.25) is 5.02 Å². The van der Waals surface area contributed by atoms with Gasteiger partial charge in [-0.1, -0.05) is 41.9 Å². The van der Waals surface area contributed by atoms with E-state index in [4.69, 9.17) is 16.6 Å². The first-order valence-corrected chi connectivity index (χ1v) is 9.51. The van der Waals surface area contributed by atoms with Crippen molar-refractivity contribution in [3.8, 4) is 11.3 Å². The number of aromatic amines is 1. The van der Waals surface area contributed by atoms with E-state index >= 15 is 0 Å². The van der Waals surface area contributed by atoms with Crippen molar-refractivity contribution in [3.05, 3.63) is 65.5 Å². The van der Waals surface area contributed by atoms with Crippen molar-refractivity contribution in [2.75, 3.05) is 5.32 Å². The van der Waals surface area contributed by atoms with Gasteiger partial charge in [0.25, 0.3) is 0 Å². The van der Waals surface area contributed by atoms with Crippen LogP contribution in [0.5, 0.6) is 0 Å². The Balaban J connectivity index is 1.65. The van der Waals surface area contributed by atoms with Crippen molar-refractivity contribution in [1.29, 1.82) is 0 Å². The number of hydrogen-bond donors (Lipinski definition) is 2. The predicted octanol–water partition coefficient (Wildman–Crippen LogP) is 4.20. The summed E-state index contributed by atoms with van der Waals surface area (Å²) >= 11 is 6.43. The summed E-state index contributed by atoms with van der Waals surface area (Å²) in [4.78, 5) is 20.7. The number of nitrogens with zero attached hydrogens (tertiary/aromatic N) is 6. The van der Waals surface area contributed by atoms with Gasteiger partial charge in [-0.25, -0.2) is 24.5 Å². The maximum atomic E-state index is 6.43. The molecule has 4 heterocycles. The molecule has 0 aliphatic heterocycles. The van der Waals surface area contributed by atoms with Crippen LogP contribution in [0.3, 0.4) is 0 Å². The minimum atomic E-state index is -0.119. The van der Waals surface area contributed by atoms with Crippen LogP contribution in [-0.2, 0) is 0 Å². The van der Waals surface area contributed by atoms with E-state index in [1.807, 2.05) is 43.5 Å². The number of benzene rings is 1. The Morgan fingerprint density at radius 2 is 1.97 bits per heavy atom. The molecular weight excluding hydrogens is 388 g/mol. The second-order valence-electron chi connectivity index (χ2n) is 6.77. The van der Waals surface area contributed by atoms with Crippen molar-refractivity contribution >= 4 is 34.2 Å². The largest absolute Gasteiger partial charge is 0.362 e. The van der Waals surface area contributed by atoms with Gasteiger partial charge in [0.1, 0.15) is 16.9 Å². The van der Waals surface area contributed by atoms with Gasteiger partial charge in [0.15, 0.2) is 17.1 Å². The first-order valence-electron chi connectivity index (χ1n) is 9.13. The number of aryl methyl sites for hydroxylation is 1. The number of halogens is 1. The van der Waals surface area contributed by atoms with Crippen LogP contribution < -0.4 is 5.32 Å². The van der Waals surface area contributed by atoms with E-state index in [1.54, 1.807) is 10.8 Å². The van der Waals surface area contributed by atoms with Gasteiger partial charge in [-0.05, 0) is 13.8 Å². The molecule has 0 aliphatic carbocycles. The Bertz CT molecular complexity index is 1320. The van der Waals surface area contributed by atoms with Crippen molar-refractivity contribution in [2.24, 2.45) is 0 Å². The molecule has 5 aromatic rings. The molecule has 2 N–H and O–H groups in total. The first kappa shape index (κ1) is 17.6. The summed E-state index contributed by atoms with van der Waals surface area (Å²) in [6.07, 6.45) is 5.06. The van der Waals surface area contributed by atoms with Crippen molar-refractivity contribution < 1.29 is 0 Å². The molecule has 1 atom stereocenters. The zero-order valence-electron chi connectivity index (χ0n) is 15.8. The van der Waals surface area contributed by atoms with E-state index in [2.05, 4.69) is 37.3 Å². The zero-order chi connectivity index (χ0) is 20.0. The highest BCUT2D eigenvalue weighted by molar-refractivity contribution is 6.34. The van der Waals surface area contributed by atoms with Gasteiger partial charge in [0, 0.05) is 17.3 Å². The van der Waals surface area contributed by atoms with E-state index in [9.17, 15) is 0 Å². The van der Waals surface area contributed by atoms with Crippen LogP contribution in [0.1, 0.15) is 24.2 Å². The lowest BCUT2D eigenvalue weighted by atomic mass is 10.0. The number of anilines is 1. The van der Waals surface area contributed by atoms with Gasteiger partial charge in [-0.2, -0.15) is 5.10 Å². The summed E-state index contributed by atoms with van der Waals surface area (Å²) in [7, 11) is 0. The molecule has 0 saturated heterocycles. The summed E-state index contributed by atoms with van der Waals surface area (Å²) in [6, 6.07) is 9.91. The molecule has 0 saturated carbocycles. The zero-order valence-corrected chi connectivity index (χ0v) is 16.5. The molecule has 0 amide bonds. The average Bonchev–Trinajstić information content (AvgIpc) is 3.33. The summed E-state index contributed by atoms with van der Waals surface area (Å²) in [6.45, 7) is 3.92. The van der Waals surface area contributed by atoms with E-state index in [1.165, 1.54) is 6.33 Å². The first-order chi connectivity index (χ1) is 14.1. The minimum Gasteiger partial charge on any atom is -0.362 e. The number of imidazole rings is 1. The molecule has 0 fully saturated rings. The molecule has 144 valence electrons. The third-order valence-corrected chi connectivity index (χ3v) is 5.27. The molecule has 5 rings (SSSR count). The number of rotatable bonds is 4. The summed E-state index contributed by atoms with van der Waals surface area (Å²) in [5, 5.41) is 8.50. The minimum absolute atomic E-state index is 0.119. The standard InChI is InChI=1S/C20H17ClN8/c1-11(26-19-17-18(23-9-22-17)24-10-25-19)14-8-29-20(15(21)12(2)28-29)27-16(14)13-6-4-3-5-7-13/h3-11H,1-2H3,(H2,22,23,24,25,26). The second kappa shape index (κ2) is 6.82. The monoisotopic (exact) mass is 404 g/mol. The summed E-state index contributed by atoms with van der Waals surface area (Å²) in [5.74, 6) is 0.675. The maximum absolute atomic E-state index is 6.43. The number of nitrogens with one attached hydrogen (secondary N) is 2. The molecular formula is C20H17ClN8. The molecule has 29 heavy (non-hydrogen) atoms. The van der Waals surface area contributed by atoms with Crippen LogP contribution in [0.25, 0.3) is 28.1 Å². The maximum Gasteiger partial charge on any atom is 0.182 e. The Morgan fingerprint density at radius 3 is 2.79 bits per heavy atom. The van der Waals surface area contributed by atoms with Crippen LogP contribution in [0, 0.1) is 6.92 Å². The molecule has 0 spiro atoms. The van der Waals surface area contributed by atoms with Gasteiger partial charge in [-0.15, -0.1) is 0 Å². The fraction of sp³-hybridized carbons (Fsp3) is 0.150. The van der Waals surface area contributed by atoms with Gasteiger partial charge >= 0.3 is 0 Å². The van der Waals surface area contributed by atoms with E-state index < -0.39 is 0 Å². The quantitative estimate of drug-likeness (QED) is 0.466. The highest BCUT2D eigenvalue weighted by Gasteiger charge is 2.19. The molecule has 0 bridgehead atoms. The number of hydrogen-bond acceptors (Lipinski definition) is 6. The third-order valence-electron chi connectivity index (χ3n) is 4.83. The summed E-state index contributed by atoms with van der Waals surface area (Å²) in [5.41, 5.74) is 5.56. The van der Waals surface area contributed by atoms with E-state index in [-0.39, 0.29) is 6.04 Å². The average molecular weight is 405 g/mol. The van der Waals surface area contributed by atoms with E-state index in [0.29, 0.717) is 22.1 Å². The number of fused-ring (bicyclic) bond motifs is 2. The molecule has 0 aliphatic rings. The Labute approximate surface area is 171 Å². The molecule has 1 aromatic carbocycles. The third kappa shape index (κ3) is 2.98. The highest BCUT2D eigenvalue weighted by atomic mass is 35.5. The molecule has 4 aromatic heterocycles. The topological polar surface area (TPSA) is 96.7 Å². The Kier molecular flexibility index (Phi) is 4.13. The molecule has 9 heteroatoms. The number of H-pyrrole nitrogens is 1.